The van der Waals surface area contributed by atoms with Crippen LogP contribution in [-0.2, 0) is 6.54 Å². The van der Waals surface area contributed by atoms with Gasteiger partial charge in [0.25, 0.3) is 0 Å². The summed E-state index contributed by atoms with van der Waals surface area (Å²) in [5.41, 5.74) is 0.574. The molecule has 1 aromatic rings. The molecular formula is C13H15ClN2O4. The van der Waals surface area contributed by atoms with Crippen molar-refractivity contribution < 1.29 is 14.6 Å². The average Bonchev–Trinajstić information content (AvgIpc) is 2.43. The summed E-state index contributed by atoms with van der Waals surface area (Å²) >= 11 is 6.03. The number of hydrogen-bond donors (Lipinski definition) is 1. The molecular weight excluding hydrogens is 284 g/mol. The molecule has 1 amide bonds. The third-order valence-electron chi connectivity index (χ3n) is 3.30. The molecule has 6 nitrogen and oxygen atoms in total. The quantitative estimate of drug-likeness (QED) is 0.866. The molecule has 1 aromatic carbocycles. The first-order valence-corrected chi connectivity index (χ1v) is 6.70. The number of hydrogen-bond acceptors (Lipinski definition) is 4. The van der Waals surface area contributed by atoms with Crippen LogP contribution in [0.5, 0.6) is 5.75 Å². The maximum Gasteiger partial charge on any atom is 0.407 e. The largest absolute Gasteiger partial charge is 0.490 e. The number of amides is 1. The van der Waals surface area contributed by atoms with Gasteiger partial charge in [-0.2, -0.15) is 4.91 Å². The first kappa shape index (κ1) is 14.6. The summed E-state index contributed by atoms with van der Waals surface area (Å²) in [6, 6.07) is 5.18. The summed E-state index contributed by atoms with van der Waals surface area (Å²) in [7, 11) is 0. The molecule has 2 rings (SSSR count). The second-order valence-electron chi connectivity index (χ2n) is 4.59. The maximum atomic E-state index is 10.8. The highest BCUT2D eigenvalue weighted by atomic mass is 35.5. The Balaban J connectivity index is 2.02. The number of benzene rings is 1. The van der Waals surface area contributed by atoms with Crippen LogP contribution in [0.1, 0.15) is 18.4 Å². The predicted molar refractivity (Wildman–Crippen MR) is 74.2 cm³/mol. The lowest BCUT2D eigenvalue weighted by Crippen LogP contribution is -2.41. The minimum absolute atomic E-state index is 0.0387. The van der Waals surface area contributed by atoms with Gasteiger partial charge in [-0.05, 0) is 12.1 Å². The van der Waals surface area contributed by atoms with Crippen molar-refractivity contribution >= 4 is 17.7 Å². The van der Waals surface area contributed by atoms with Crippen LogP contribution in [0.3, 0.4) is 0 Å². The van der Waals surface area contributed by atoms with Gasteiger partial charge >= 0.3 is 6.09 Å². The number of piperidine rings is 1. The Hall–Kier alpha value is -1.82. The highest BCUT2D eigenvalue weighted by molar-refractivity contribution is 6.31. The van der Waals surface area contributed by atoms with Crippen molar-refractivity contribution in [1.82, 2.24) is 4.90 Å². The Kier molecular flexibility index (Phi) is 4.79. The van der Waals surface area contributed by atoms with Gasteiger partial charge in [0.05, 0.1) is 0 Å². The van der Waals surface area contributed by atoms with Crippen molar-refractivity contribution in [2.75, 3.05) is 13.1 Å². The molecule has 1 heterocycles. The molecule has 0 aromatic heterocycles. The molecule has 1 saturated heterocycles. The summed E-state index contributed by atoms with van der Waals surface area (Å²) in [6.07, 6.45) is 0.256. The molecule has 0 saturated carbocycles. The molecule has 1 fully saturated rings. The van der Waals surface area contributed by atoms with E-state index in [4.69, 9.17) is 21.4 Å². The van der Waals surface area contributed by atoms with Crippen molar-refractivity contribution in [3.05, 3.63) is 33.7 Å². The van der Waals surface area contributed by atoms with E-state index in [0.717, 1.165) is 0 Å². The third kappa shape index (κ3) is 3.39. The number of rotatable bonds is 4. The Morgan fingerprint density at radius 2 is 2.15 bits per heavy atom. The molecule has 0 bridgehead atoms. The van der Waals surface area contributed by atoms with E-state index < -0.39 is 6.09 Å². The number of nitrogens with zero attached hydrogens (tertiary/aromatic N) is 2. The molecule has 7 heteroatoms. The summed E-state index contributed by atoms with van der Waals surface area (Å²) in [4.78, 5) is 22.6. The lowest BCUT2D eigenvalue weighted by Gasteiger charge is -2.30. The zero-order valence-corrected chi connectivity index (χ0v) is 11.5. The maximum absolute atomic E-state index is 10.8. The van der Waals surface area contributed by atoms with Gasteiger partial charge in [0.15, 0.2) is 0 Å². The molecule has 0 radical (unpaired) electrons. The normalized spacial score (nSPS) is 15.9. The lowest BCUT2D eigenvalue weighted by molar-refractivity contribution is 0.0890. The zero-order valence-electron chi connectivity index (χ0n) is 10.8. The summed E-state index contributed by atoms with van der Waals surface area (Å²) < 4.78 is 5.84. The van der Waals surface area contributed by atoms with Crippen LogP contribution in [0.2, 0.25) is 5.02 Å². The van der Waals surface area contributed by atoms with E-state index in [1.807, 2.05) is 0 Å². The van der Waals surface area contributed by atoms with E-state index in [1.165, 1.54) is 4.90 Å². The molecule has 0 aliphatic carbocycles. The highest BCUT2D eigenvalue weighted by Gasteiger charge is 2.24. The van der Waals surface area contributed by atoms with Gasteiger partial charge in [0.1, 0.15) is 18.4 Å². The van der Waals surface area contributed by atoms with Gasteiger partial charge in [-0.15, -0.1) is 0 Å². The summed E-state index contributed by atoms with van der Waals surface area (Å²) in [5.74, 6) is 0.547. The van der Waals surface area contributed by atoms with Crippen LogP contribution >= 0.6 is 11.6 Å². The van der Waals surface area contributed by atoms with Crippen LogP contribution in [0.15, 0.2) is 23.4 Å². The Morgan fingerprint density at radius 3 is 2.75 bits per heavy atom. The Bertz CT molecular complexity index is 501. The molecule has 0 atom stereocenters. The van der Waals surface area contributed by atoms with E-state index in [9.17, 15) is 9.70 Å². The molecule has 0 spiro atoms. The van der Waals surface area contributed by atoms with E-state index >= 15 is 0 Å². The standard InChI is InChI=1S/C13H15ClN2O4/c14-11-2-1-3-12(10(11)8-15-19)20-9-4-6-16(7-5-9)13(17)18/h1-3,9H,4-8H2,(H,17,18). The second-order valence-corrected chi connectivity index (χ2v) is 5.00. The van der Waals surface area contributed by atoms with Crippen LogP contribution in [0, 0.1) is 4.91 Å². The Labute approximate surface area is 121 Å². The fourth-order valence-electron chi connectivity index (χ4n) is 2.21. The molecule has 1 N–H and O–H groups in total. The van der Waals surface area contributed by atoms with Crippen LogP contribution < -0.4 is 4.74 Å². The van der Waals surface area contributed by atoms with E-state index in [-0.39, 0.29) is 12.6 Å². The molecule has 0 unspecified atom stereocenters. The van der Waals surface area contributed by atoms with Crippen molar-refractivity contribution in [2.45, 2.75) is 25.5 Å². The van der Waals surface area contributed by atoms with Crippen molar-refractivity contribution in [1.29, 1.82) is 0 Å². The fraction of sp³-hybridized carbons (Fsp3) is 0.462. The van der Waals surface area contributed by atoms with Gasteiger partial charge in [-0.3, -0.25) is 0 Å². The van der Waals surface area contributed by atoms with Gasteiger partial charge in [0, 0.05) is 36.5 Å². The SMILES string of the molecule is O=NCc1c(Cl)cccc1OC1CCN(C(=O)O)CC1. The monoisotopic (exact) mass is 298 g/mol. The molecule has 1 aliphatic rings. The zero-order chi connectivity index (χ0) is 14.5. The smallest absolute Gasteiger partial charge is 0.407 e. The van der Waals surface area contributed by atoms with E-state index in [1.54, 1.807) is 18.2 Å². The number of likely N-dealkylation sites (tertiary alicyclic amines) is 1. The van der Waals surface area contributed by atoms with E-state index in [2.05, 4.69) is 5.18 Å². The van der Waals surface area contributed by atoms with Gasteiger partial charge < -0.3 is 14.7 Å². The minimum atomic E-state index is -0.906. The number of nitroso groups, excluding NO2 is 1. The summed E-state index contributed by atoms with van der Waals surface area (Å²) in [6.45, 7) is 0.854. The molecule has 1 aliphatic heterocycles. The van der Waals surface area contributed by atoms with E-state index in [0.29, 0.717) is 42.3 Å². The van der Waals surface area contributed by atoms with Crippen LogP contribution in [0.25, 0.3) is 0 Å². The second kappa shape index (κ2) is 6.56. The van der Waals surface area contributed by atoms with Gasteiger partial charge in [-0.25, -0.2) is 4.79 Å². The van der Waals surface area contributed by atoms with Gasteiger partial charge in [-0.1, -0.05) is 22.8 Å². The Morgan fingerprint density at radius 1 is 1.45 bits per heavy atom. The topological polar surface area (TPSA) is 79.2 Å². The predicted octanol–water partition coefficient (Wildman–Crippen LogP) is 3.13. The molecule has 20 heavy (non-hydrogen) atoms. The molecule has 108 valence electrons. The van der Waals surface area contributed by atoms with Crippen molar-refractivity contribution in [2.24, 2.45) is 5.18 Å². The van der Waals surface area contributed by atoms with Gasteiger partial charge in [0.2, 0.25) is 0 Å². The number of ether oxygens (including phenoxy) is 1. The van der Waals surface area contributed by atoms with Crippen LogP contribution in [-0.4, -0.2) is 35.3 Å². The van der Waals surface area contributed by atoms with Crippen molar-refractivity contribution in [3.63, 3.8) is 0 Å². The number of carboxylic acid groups (broad SMARTS) is 1. The lowest BCUT2D eigenvalue weighted by atomic mass is 10.1. The first-order valence-electron chi connectivity index (χ1n) is 6.33. The first-order chi connectivity index (χ1) is 9.61. The average molecular weight is 299 g/mol. The number of carbonyl (C=O) groups is 1. The minimum Gasteiger partial charge on any atom is -0.490 e. The number of halogens is 1. The highest BCUT2D eigenvalue weighted by Crippen LogP contribution is 2.29. The third-order valence-corrected chi connectivity index (χ3v) is 3.66. The van der Waals surface area contributed by atoms with Crippen molar-refractivity contribution in [3.8, 4) is 5.75 Å². The summed E-state index contributed by atoms with van der Waals surface area (Å²) in [5, 5.41) is 12.2. The fourth-order valence-corrected chi connectivity index (χ4v) is 2.44. The van der Waals surface area contributed by atoms with Crippen LogP contribution in [0.4, 0.5) is 4.79 Å².